The van der Waals surface area contributed by atoms with Crippen LogP contribution in [0.2, 0.25) is 0 Å². The molecule has 0 bridgehead atoms. The number of nitrogens with zero attached hydrogens (tertiary/aromatic N) is 2. The first-order valence-electron chi connectivity index (χ1n) is 4.37. The molecule has 0 atom stereocenters. The van der Waals surface area contributed by atoms with Crippen LogP contribution in [0.15, 0.2) is 22.8 Å². The van der Waals surface area contributed by atoms with Gasteiger partial charge in [-0.1, -0.05) is 12.2 Å². The lowest BCUT2D eigenvalue weighted by molar-refractivity contribution is 1.03. The molecule has 0 saturated carbocycles. The van der Waals surface area contributed by atoms with E-state index in [0.717, 1.165) is 18.8 Å². The lowest BCUT2D eigenvalue weighted by Crippen LogP contribution is -2.05. The first-order valence-corrected chi connectivity index (χ1v) is 5.16. The molecule has 4 nitrogen and oxygen atoms in total. The Hall–Kier alpha value is -1.10. The molecule has 14 heavy (non-hydrogen) atoms. The number of nitrogens with two attached hydrogens (primary N) is 1. The molecule has 0 radical (unpaired) electrons. The Bertz CT molecular complexity index is 304. The van der Waals surface area contributed by atoms with Crippen molar-refractivity contribution in [3.05, 3.63) is 22.8 Å². The zero-order chi connectivity index (χ0) is 10.4. The van der Waals surface area contributed by atoms with E-state index in [1.807, 2.05) is 13.0 Å². The average molecular weight is 257 g/mol. The van der Waals surface area contributed by atoms with Crippen LogP contribution in [0, 0.1) is 0 Å². The first kappa shape index (κ1) is 11.0. The van der Waals surface area contributed by atoms with E-state index < -0.39 is 0 Å². The molecule has 0 fully saturated rings. The van der Waals surface area contributed by atoms with Gasteiger partial charge in [-0.05, 0) is 29.3 Å². The van der Waals surface area contributed by atoms with Gasteiger partial charge in [0, 0.05) is 12.6 Å². The summed E-state index contributed by atoms with van der Waals surface area (Å²) in [5.41, 5.74) is 5.48. The summed E-state index contributed by atoms with van der Waals surface area (Å²) in [5, 5.41) is 3.15. The summed E-state index contributed by atoms with van der Waals surface area (Å²) in [7, 11) is 0. The molecule has 1 aromatic rings. The summed E-state index contributed by atoms with van der Waals surface area (Å²) in [6, 6.07) is 1.80. The van der Waals surface area contributed by atoms with Gasteiger partial charge in [-0.3, -0.25) is 0 Å². The van der Waals surface area contributed by atoms with Crippen molar-refractivity contribution in [3.8, 4) is 0 Å². The zero-order valence-electron chi connectivity index (χ0n) is 8.00. The SMILES string of the molecule is C/C=C/CCNc1cc(Br)nc(N)n1. The number of hydrogen-bond donors (Lipinski definition) is 2. The quantitative estimate of drug-likeness (QED) is 0.493. The van der Waals surface area contributed by atoms with Crippen LogP contribution in [-0.4, -0.2) is 16.5 Å². The van der Waals surface area contributed by atoms with Crippen LogP contribution in [0.3, 0.4) is 0 Å². The van der Waals surface area contributed by atoms with Crippen LogP contribution in [0.4, 0.5) is 11.8 Å². The number of nitrogens with one attached hydrogen (secondary N) is 1. The molecule has 0 spiro atoms. The number of allylic oxidation sites excluding steroid dienone is 1. The molecule has 0 saturated heterocycles. The maximum absolute atomic E-state index is 5.48. The fourth-order valence-electron chi connectivity index (χ4n) is 0.976. The van der Waals surface area contributed by atoms with Crippen LogP contribution in [0.5, 0.6) is 0 Å². The van der Waals surface area contributed by atoms with Crippen LogP contribution in [-0.2, 0) is 0 Å². The Balaban J connectivity index is 2.50. The van der Waals surface area contributed by atoms with E-state index in [0.29, 0.717) is 4.60 Å². The number of rotatable bonds is 4. The van der Waals surface area contributed by atoms with Crippen LogP contribution < -0.4 is 11.1 Å². The second-order valence-electron chi connectivity index (χ2n) is 2.72. The van der Waals surface area contributed by atoms with Crippen LogP contribution in [0.1, 0.15) is 13.3 Å². The number of anilines is 2. The van der Waals surface area contributed by atoms with E-state index >= 15 is 0 Å². The summed E-state index contributed by atoms with van der Waals surface area (Å²) < 4.78 is 0.693. The Morgan fingerprint density at radius 2 is 2.36 bits per heavy atom. The second kappa shape index (κ2) is 5.59. The highest BCUT2D eigenvalue weighted by molar-refractivity contribution is 9.10. The number of nitrogen functional groups attached to an aromatic ring is 1. The molecule has 0 unspecified atom stereocenters. The van der Waals surface area contributed by atoms with E-state index in [4.69, 9.17) is 5.73 Å². The predicted molar refractivity (Wildman–Crippen MR) is 62.1 cm³/mol. The van der Waals surface area contributed by atoms with Crippen molar-refractivity contribution >= 4 is 27.7 Å². The molecular formula is C9H13BrN4. The maximum Gasteiger partial charge on any atom is 0.223 e. The van der Waals surface area contributed by atoms with Gasteiger partial charge in [0.2, 0.25) is 5.95 Å². The third-order valence-corrected chi connectivity index (χ3v) is 1.97. The topological polar surface area (TPSA) is 63.8 Å². The summed E-state index contributed by atoms with van der Waals surface area (Å²) in [4.78, 5) is 7.94. The standard InChI is InChI=1S/C9H13BrN4/c1-2-3-4-5-12-8-6-7(10)13-9(11)14-8/h2-3,6H,4-5H2,1H3,(H3,11,12,13,14)/b3-2+. The van der Waals surface area contributed by atoms with E-state index in [-0.39, 0.29) is 5.95 Å². The van der Waals surface area contributed by atoms with Crippen molar-refractivity contribution in [2.45, 2.75) is 13.3 Å². The van der Waals surface area contributed by atoms with E-state index in [1.54, 1.807) is 6.07 Å². The lowest BCUT2D eigenvalue weighted by Gasteiger charge is -2.04. The minimum atomic E-state index is 0.271. The minimum absolute atomic E-state index is 0.271. The van der Waals surface area contributed by atoms with Crippen LogP contribution in [0.25, 0.3) is 0 Å². The van der Waals surface area contributed by atoms with E-state index in [1.165, 1.54) is 0 Å². The monoisotopic (exact) mass is 256 g/mol. The van der Waals surface area contributed by atoms with Crippen molar-refractivity contribution in [1.82, 2.24) is 9.97 Å². The molecule has 0 aliphatic heterocycles. The van der Waals surface area contributed by atoms with Crippen molar-refractivity contribution in [1.29, 1.82) is 0 Å². The first-order chi connectivity index (χ1) is 6.72. The fraction of sp³-hybridized carbons (Fsp3) is 0.333. The molecule has 3 N–H and O–H groups in total. The molecule has 0 aliphatic rings. The van der Waals surface area contributed by atoms with Crippen LogP contribution >= 0.6 is 15.9 Å². The second-order valence-corrected chi connectivity index (χ2v) is 3.53. The summed E-state index contributed by atoms with van der Waals surface area (Å²) in [5.74, 6) is 1.02. The van der Waals surface area contributed by atoms with Gasteiger partial charge in [0.05, 0.1) is 0 Å². The minimum Gasteiger partial charge on any atom is -0.370 e. The normalized spacial score (nSPS) is 10.7. The molecule has 0 amide bonds. The third kappa shape index (κ3) is 3.74. The zero-order valence-corrected chi connectivity index (χ0v) is 9.58. The molecular weight excluding hydrogens is 244 g/mol. The molecule has 0 aliphatic carbocycles. The van der Waals surface area contributed by atoms with Gasteiger partial charge in [0.25, 0.3) is 0 Å². The Morgan fingerprint density at radius 1 is 1.57 bits per heavy atom. The Morgan fingerprint density at radius 3 is 3.00 bits per heavy atom. The van der Waals surface area contributed by atoms with Gasteiger partial charge < -0.3 is 11.1 Å². The van der Waals surface area contributed by atoms with Gasteiger partial charge in [0.1, 0.15) is 10.4 Å². The lowest BCUT2D eigenvalue weighted by atomic mass is 10.4. The average Bonchev–Trinajstić information content (AvgIpc) is 2.11. The third-order valence-electron chi connectivity index (χ3n) is 1.57. The fourth-order valence-corrected chi connectivity index (χ4v) is 1.37. The summed E-state index contributed by atoms with van der Waals surface area (Å²) >= 11 is 3.25. The highest BCUT2D eigenvalue weighted by atomic mass is 79.9. The smallest absolute Gasteiger partial charge is 0.223 e. The van der Waals surface area contributed by atoms with Gasteiger partial charge >= 0.3 is 0 Å². The van der Waals surface area contributed by atoms with Gasteiger partial charge in [-0.15, -0.1) is 0 Å². The predicted octanol–water partition coefficient (Wildman–Crippen LogP) is 2.20. The van der Waals surface area contributed by atoms with Gasteiger partial charge in [-0.2, -0.15) is 4.98 Å². The molecule has 1 heterocycles. The Kier molecular flexibility index (Phi) is 4.39. The molecule has 76 valence electrons. The van der Waals surface area contributed by atoms with Gasteiger partial charge in [-0.25, -0.2) is 4.98 Å². The Labute approximate surface area is 91.8 Å². The van der Waals surface area contributed by atoms with Crippen molar-refractivity contribution in [2.24, 2.45) is 0 Å². The summed E-state index contributed by atoms with van der Waals surface area (Å²) in [6.45, 7) is 2.84. The highest BCUT2D eigenvalue weighted by Crippen LogP contribution is 2.12. The van der Waals surface area contributed by atoms with E-state index in [9.17, 15) is 0 Å². The number of halogens is 1. The molecule has 0 aromatic carbocycles. The van der Waals surface area contributed by atoms with Crippen molar-refractivity contribution in [3.63, 3.8) is 0 Å². The molecule has 1 rings (SSSR count). The maximum atomic E-state index is 5.48. The molecule has 1 aromatic heterocycles. The van der Waals surface area contributed by atoms with Crippen molar-refractivity contribution in [2.75, 3.05) is 17.6 Å². The number of aromatic nitrogens is 2. The van der Waals surface area contributed by atoms with E-state index in [2.05, 4.69) is 37.3 Å². The number of hydrogen-bond acceptors (Lipinski definition) is 4. The summed E-state index contributed by atoms with van der Waals surface area (Å²) in [6.07, 6.45) is 5.08. The molecule has 5 heteroatoms. The van der Waals surface area contributed by atoms with Gasteiger partial charge in [0.15, 0.2) is 0 Å². The van der Waals surface area contributed by atoms with Crippen molar-refractivity contribution < 1.29 is 0 Å². The highest BCUT2D eigenvalue weighted by Gasteiger charge is 1.98. The largest absolute Gasteiger partial charge is 0.370 e.